The first-order valence-electron chi connectivity index (χ1n) is 7.79. The molecule has 1 fully saturated rings. The Kier molecular flexibility index (Phi) is 6.04. The molecule has 0 aromatic rings. The first-order valence-corrected chi connectivity index (χ1v) is 7.79. The van der Waals surface area contributed by atoms with Crippen LogP contribution in [0, 0.1) is 5.92 Å². The Balaban J connectivity index is 2.94. The van der Waals surface area contributed by atoms with E-state index >= 15 is 0 Å². The zero-order chi connectivity index (χ0) is 18.0. The van der Waals surface area contributed by atoms with Crippen molar-refractivity contribution < 1.29 is 28.5 Å². The van der Waals surface area contributed by atoms with E-state index in [9.17, 15) is 9.59 Å². The minimum absolute atomic E-state index is 0.00262. The number of alkyl carbamates (subject to hydrolysis) is 1. The van der Waals surface area contributed by atoms with E-state index in [1.54, 1.807) is 34.6 Å². The number of rotatable bonds is 4. The summed E-state index contributed by atoms with van der Waals surface area (Å²) in [7, 11) is 1.29. The molecule has 1 N–H and O–H groups in total. The largest absolute Gasteiger partial charge is 0.467 e. The van der Waals surface area contributed by atoms with Crippen molar-refractivity contribution in [3.8, 4) is 0 Å². The SMILES string of the molecule is COC(=O)[C@H]1OC(C)(C)O[C@@H]1[C@@H](NC(=O)OC(C)(C)C)C(C)C. The second kappa shape index (κ2) is 7.05. The van der Waals surface area contributed by atoms with Crippen LogP contribution in [0.4, 0.5) is 4.79 Å². The van der Waals surface area contributed by atoms with Crippen molar-refractivity contribution in [1.82, 2.24) is 5.32 Å². The molecule has 0 aromatic carbocycles. The molecule has 134 valence electrons. The zero-order valence-electron chi connectivity index (χ0n) is 15.3. The van der Waals surface area contributed by atoms with Crippen LogP contribution in [0.1, 0.15) is 48.5 Å². The molecule has 0 unspecified atom stereocenters. The van der Waals surface area contributed by atoms with Crippen LogP contribution in [-0.4, -0.2) is 48.8 Å². The fraction of sp³-hybridized carbons (Fsp3) is 0.875. The molecule has 0 aromatic heterocycles. The van der Waals surface area contributed by atoms with E-state index in [0.29, 0.717) is 0 Å². The average molecular weight is 331 g/mol. The van der Waals surface area contributed by atoms with E-state index in [0.717, 1.165) is 0 Å². The molecule has 0 bridgehead atoms. The summed E-state index contributed by atoms with van der Waals surface area (Å²) in [5, 5.41) is 2.79. The van der Waals surface area contributed by atoms with Gasteiger partial charge in [0.1, 0.15) is 11.7 Å². The van der Waals surface area contributed by atoms with Gasteiger partial charge in [-0.1, -0.05) is 13.8 Å². The minimum Gasteiger partial charge on any atom is -0.467 e. The molecule has 1 heterocycles. The average Bonchev–Trinajstić information content (AvgIpc) is 2.68. The Bertz CT molecular complexity index is 440. The van der Waals surface area contributed by atoms with Gasteiger partial charge in [0.15, 0.2) is 11.9 Å². The maximum atomic E-state index is 12.1. The summed E-state index contributed by atoms with van der Waals surface area (Å²) in [6.07, 6.45) is -2.13. The van der Waals surface area contributed by atoms with E-state index in [1.165, 1.54) is 7.11 Å². The summed E-state index contributed by atoms with van der Waals surface area (Å²) in [6.45, 7) is 12.6. The lowest BCUT2D eigenvalue weighted by Gasteiger charge is -2.30. The highest BCUT2D eigenvalue weighted by Crippen LogP contribution is 2.32. The summed E-state index contributed by atoms with van der Waals surface area (Å²) < 4.78 is 21.6. The quantitative estimate of drug-likeness (QED) is 0.795. The van der Waals surface area contributed by atoms with E-state index in [1.807, 2.05) is 13.8 Å². The van der Waals surface area contributed by atoms with Crippen LogP contribution < -0.4 is 5.32 Å². The van der Waals surface area contributed by atoms with Crippen LogP contribution >= 0.6 is 0 Å². The fourth-order valence-corrected chi connectivity index (χ4v) is 2.42. The van der Waals surface area contributed by atoms with E-state index in [4.69, 9.17) is 18.9 Å². The Morgan fingerprint density at radius 3 is 2.17 bits per heavy atom. The number of hydrogen-bond donors (Lipinski definition) is 1. The van der Waals surface area contributed by atoms with Crippen molar-refractivity contribution in [2.75, 3.05) is 7.11 Å². The molecule has 0 spiro atoms. The third-order valence-electron chi connectivity index (χ3n) is 3.32. The molecule has 1 aliphatic rings. The number of carbonyl (C=O) groups excluding carboxylic acids is 2. The molecule has 0 saturated carbocycles. The molecule has 0 radical (unpaired) electrons. The van der Waals surface area contributed by atoms with Gasteiger partial charge in [-0.15, -0.1) is 0 Å². The monoisotopic (exact) mass is 331 g/mol. The van der Waals surface area contributed by atoms with Crippen LogP contribution in [-0.2, 0) is 23.7 Å². The predicted octanol–water partition coefficient (Wildman–Crippen LogP) is 2.23. The highest BCUT2D eigenvalue weighted by molar-refractivity contribution is 5.76. The van der Waals surface area contributed by atoms with Crippen LogP contribution in [0.3, 0.4) is 0 Å². The van der Waals surface area contributed by atoms with Crippen molar-refractivity contribution in [3.05, 3.63) is 0 Å². The van der Waals surface area contributed by atoms with Gasteiger partial charge in [-0.2, -0.15) is 0 Å². The molecule has 0 aliphatic carbocycles. The summed E-state index contributed by atoms with van der Waals surface area (Å²) in [5.74, 6) is -1.47. The molecule has 7 nitrogen and oxygen atoms in total. The molecule has 1 saturated heterocycles. The summed E-state index contributed by atoms with van der Waals surface area (Å²) in [5.41, 5.74) is -0.611. The van der Waals surface area contributed by atoms with Gasteiger partial charge in [0.25, 0.3) is 0 Å². The molecule has 23 heavy (non-hydrogen) atoms. The summed E-state index contributed by atoms with van der Waals surface area (Å²) in [6, 6.07) is -0.462. The Labute approximate surface area is 138 Å². The Morgan fingerprint density at radius 2 is 1.74 bits per heavy atom. The third kappa shape index (κ3) is 5.66. The first kappa shape index (κ1) is 19.7. The molecule has 1 amide bonds. The van der Waals surface area contributed by atoms with Gasteiger partial charge in [-0.25, -0.2) is 9.59 Å². The fourth-order valence-electron chi connectivity index (χ4n) is 2.42. The minimum atomic E-state index is -0.938. The van der Waals surface area contributed by atoms with Crippen molar-refractivity contribution >= 4 is 12.1 Å². The molecular weight excluding hydrogens is 302 g/mol. The predicted molar refractivity (Wildman–Crippen MR) is 83.8 cm³/mol. The molecular formula is C16H29NO6. The third-order valence-corrected chi connectivity index (χ3v) is 3.32. The number of amides is 1. The Morgan fingerprint density at radius 1 is 1.17 bits per heavy atom. The van der Waals surface area contributed by atoms with Gasteiger partial charge in [-0.05, 0) is 40.5 Å². The molecule has 3 atom stereocenters. The van der Waals surface area contributed by atoms with Crippen LogP contribution in [0.5, 0.6) is 0 Å². The highest BCUT2D eigenvalue weighted by atomic mass is 16.8. The number of carbonyl (C=O) groups is 2. The maximum absolute atomic E-state index is 12.1. The number of methoxy groups -OCH3 is 1. The summed E-state index contributed by atoms with van der Waals surface area (Å²) in [4.78, 5) is 24.1. The number of esters is 1. The second-order valence-electron chi connectivity index (χ2n) is 7.46. The van der Waals surface area contributed by atoms with Gasteiger partial charge < -0.3 is 24.3 Å². The molecule has 1 rings (SSSR count). The van der Waals surface area contributed by atoms with Gasteiger partial charge in [0, 0.05) is 0 Å². The lowest BCUT2D eigenvalue weighted by Crippen LogP contribution is -2.53. The highest BCUT2D eigenvalue weighted by Gasteiger charge is 2.50. The smallest absolute Gasteiger partial charge is 0.407 e. The van der Waals surface area contributed by atoms with Crippen molar-refractivity contribution in [3.63, 3.8) is 0 Å². The van der Waals surface area contributed by atoms with Crippen LogP contribution in [0.25, 0.3) is 0 Å². The van der Waals surface area contributed by atoms with E-state index in [2.05, 4.69) is 5.32 Å². The normalized spacial score (nSPS) is 25.1. The van der Waals surface area contributed by atoms with Gasteiger partial charge >= 0.3 is 12.1 Å². The molecule has 7 heteroatoms. The first-order chi connectivity index (χ1) is 10.4. The van der Waals surface area contributed by atoms with E-state index in [-0.39, 0.29) is 5.92 Å². The lowest BCUT2D eigenvalue weighted by atomic mass is 9.95. The molecule has 1 aliphatic heterocycles. The maximum Gasteiger partial charge on any atom is 0.407 e. The Hall–Kier alpha value is -1.34. The van der Waals surface area contributed by atoms with Crippen LogP contribution in [0.2, 0.25) is 0 Å². The van der Waals surface area contributed by atoms with E-state index < -0.39 is 41.7 Å². The summed E-state index contributed by atoms with van der Waals surface area (Å²) >= 11 is 0. The van der Waals surface area contributed by atoms with Crippen molar-refractivity contribution in [2.45, 2.75) is 78.1 Å². The van der Waals surface area contributed by atoms with Gasteiger partial charge in [0.05, 0.1) is 13.2 Å². The topological polar surface area (TPSA) is 83.1 Å². The van der Waals surface area contributed by atoms with Crippen molar-refractivity contribution in [2.24, 2.45) is 5.92 Å². The van der Waals surface area contributed by atoms with Gasteiger partial charge in [0.2, 0.25) is 0 Å². The standard InChI is InChI=1S/C16H29NO6/c1-9(2)10(17-14(19)23-15(3,4)5)11-12(13(18)20-8)22-16(6,7)21-11/h9-12H,1-8H3,(H,17,19)/t10-,11+,12-/m0/s1. The van der Waals surface area contributed by atoms with Crippen LogP contribution in [0.15, 0.2) is 0 Å². The van der Waals surface area contributed by atoms with Crippen molar-refractivity contribution in [1.29, 1.82) is 0 Å². The number of ether oxygens (including phenoxy) is 4. The number of hydrogen-bond acceptors (Lipinski definition) is 6. The van der Waals surface area contributed by atoms with Gasteiger partial charge in [-0.3, -0.25) is 0 Å². The lowest BCUT2D eigenvalue weighted by molar-refractivity contribution is -0.168. The number of nitrogens with one attached hydrogen (secondary N) is 1. The second-order valence-corrected chi connectivity index (χ2v) is 7.46. The zero-order valence-corrected chi connectivity index (χ0v) is 15.3.